The lowest BCUT2D eigenvalue weighted by atomic mass is 9.49. The number of nitrogens with one attached hydrogen (secondary N) is 1. The molecule has 1 N–H and O–H groups in total. The molecule has 8 rings (SSSR count). The zero-order chi connectivity index (χ0) is 22.0. The van der Waals surface area contributed by atoms with Crippen LogP contribution >= 0.6 is 15.9 Å². The second kappa shape index (κ2) is 7.84. The van der Waals surface area contributed by atoms with Crippen molar-refractivity contribution in [1.29, 1.82) is 0 Å². The van der Waals surface area contributed by atoms with Crippen LogP contribution in [0.5, 0.6) is 11.5 Å². The van der Waals surface area contributed by atoms with Gasteiger partial charge in [-0.05, 0) is 85.8 Å². The van der Waals surface area contributed by atoms with Crippen molar-refractivity contribution in [3.05, 3.63) is 39.8 Å². The molecule has 0 radical (unpaired) electrons. The van der Waals surface area contributed by atoms with Crippen molar-refractivity contribution in [3.8, 4) is 11.5 Å². The maximum Gasteiger partial charge on any atom is 0.231 e. The highest BCUT2D eigenvalue weighted by molar-refractivity contribution is 9.10. The summed E-state index contributed by atoms with van der Waals surface area (Å²) < 4.78 is 12.1. The molecular formula is C26H31BrN4O2. The molecule has 2 aromatic rings. The number of ether oxygens (including phenoxy) is 2. The van der Waals surface area contributed by atoms with Crippen LogP contribution in [-0.2, 0) is 19.5 Å². The number of rotatable bonds is 5. The SMILES string of the molecule is Brc1cc2c(cc1CN1CCc3c(ncnc3NCC34CC5CC(CC(C5)C3)C4)C1)OCO2. The van der Waals surface area contributed by atoms with E-state index in [0.29, 0.717) is 12.2 Å². The lowest BCUT2D eigenvalue weighted by molar-refractivity contribution is -0.0444. The summed E-state index contributed by atoms with van der Waals surface area (Å²) in [5.41, 5.74) is 4.22. The van der Waals surface area contributed by atoms with Crippen molar-refractivity contribution >= 4 is 21.7 Å². The minimum Gasteiger partial charge on any atom is -0.454 e. The monoisotopic (exact) mass is 510 g/mol. The van der Waals surface area contributed by atoms with Crippen LogP contribution in [0.2, 0.25) is 0 Å². The van der Waals surface area contributed by atoms with Crippen LogP contribution < -0.4 is 14.8 Å². The van der Waals surface area contributed by atoms with Crippen LogP contribution in [0.25, 0.3) is 0 Å². The molecule has 4 fully saturated rings. The Hall–Kier alpha value is -1.86. The molecule has 0 spiro atoms. The van der Waals surface area contributed by atoms with Crippen LogP contribution in [0.15, 0.2) is 22.9 Å². The van der Waals surface area contributed by atoms with Gasteiger partial charge in [-0.25, -0.2) is 9.97 Å². The predicted octanol–water partition coefficient (Wildman–Crippen LogP) is 5.15. The van der Waals surface area contributed by atoms with Crippen molar-refractivity contribution in [2.24, 2.45) is 23.2 Å². The Balaban J connectivity index is 1.05. The highest BCUT2D eigenvalue weighted by Crippen LogP contribution is 2.60. The standard InChI is InChI=1S/C26H31BrN4O2/c27-21-7-24-23(32-15-33-24)6-19(21)11-31-2-1-20-22(12-31)29-14-30-25(20)28-13-26-8-16-3-17(9-26)5-18(4-16)10-26/h6-7,14,16-18H,1-5,8-13,15H2,(H,28,29,30). The Labute approximate surface area is 203 Å². The summed E-state index contributed by atoms with van der Waals surface area (Å²) in [5, 5.41) is 3.82. The first-order valence-corrected chi connectivity index (χ1v) is 13.3. The molecule has 174 valence electrons. The second-order valence-corrected chi connectivity index (χ2v) is 12.0. The number of anilines is 1. The molecule has 4 saturated carbocycles. The normalized spacial score (nSPS) is 31.6. The van der Waals surface area contributed by atoms with Gasteiger partial charge in [0.25, 0.3) is 0 Å². The molecule has 0 unspecified atom stereocenters. The zero-order valence-electron chi connectivity index (χ0n) is 19.0. The summed E-state index contributed by atoms with van der Waals surface area (Å²) >= 11 is 3.71. The van der Waals surface area contributed by atoms with Crippen LogP contribution in [0.4, 0.5) is 5.82 Å². The largest absolute Gasteiger partial charge is 0.454 e. The summed E-state index contributed by atoms with van der Waals surface area (Å²) in [6.45, 7) is 4.11. The van der Waals surface area contributed by atoms with E-state index in [-0.39, 0.29) is 0 Å². The summed E-state index contributed by atoms with van der Waals surface area (Å²) in [7, 11) is 0. The Kier molecular flexibility index (Phi) is 4.87. The smallest absolute Gasteiger partial charge is 0.231 e. The fraction of sp³-hybridized carbons (Fsp3) is 0.615. The van der Waals surface area contributed by atoms with Gasteiger partial charge in [0.15, 0.2) is 11.5 Å². The maximum atomic E-state index is 5.58. The van der Waals surface area contributed by atoms with Gasteiger partial charge in [-0.15, -0.1) is 0 Å². The van der Waals surface area contributed by atoms with E-state index in [0.717, 1.165) is 72.1 Å². The van der Waals surface area contributed by atoms with E-state index < -0.39 is 0 Å². The topological polar surface area (TPSA) is 59.5 Å². The molecular weight excluding hydrogens is 480 g/mol. The summed E-state index contributed by atoms with van der Waals surface area (Å²) in [6.07, 6.45) is 11.5. The van der Waals surface area contributed by atoms with Crippen molar-refractivity contribution in [2.75, 3.05) is 25.2 Å². The lowest BCUT2D eigenvalue weighted by Crippen LogP contribution is -2.49. The molecule has 4 bridgehead atoms. The fourth-order valence-electron chi connectivity index (χ4n) is 7.79. The minimum atomic E-state index is 0.304. The minimum absolute atomic E-state index is 0.304. The van der Waals surface area contributed by atoms with E-state index in [1.54, 1.807) is 6.33 Å². The molecule has 0 amide bonds. The third-order valence-corrected chi connectivity index (χ3v) is 9.56. The van der Waals surface area contributed by atoms with E-state index in [1.165, 1.54) is 55.3 Å². The molecule has 0 saturated heterocycles. The molecule has 2 aliphatic heterocycles. The van der Waals surface area contributed by atoms with Gasteiger partial charge in [-0.3, -0.25) is 4.90 Å². The first-order valence-electron chi connectivity index (χ1n) is 12.5. The summed E-state index contributed by atoms with van der Waals surface area (Å²) in [5.74, 6) is 5.70. The first-order chi connectivity index (χ1) is 16.1. The lowest BCUT2D eigenvalue weighted by Gasteiger charge is -2.57. The van der Waals surface area contributed by atoms with E-state index in [9.17, 15) is 0 Å². The third kappa shape index (κ3) is 3.72. The van der Waals surface area contributed by atoms with Crippen molar-refractivity contribution < 1.29 is 9.47 Å². The van der Waals surface area contributed by atoms with E-state index >= 15 is 0 Å². The number of nitrogens with zero attached hydrogens (tertiary/aromatic N) is 3. The first kappa shape index (κ1) is 20.5. The number of hydrogen-bond donors (Lipinski definition) is 1. The van der Waals surface area contributed by atoms with Gasteiger partial charge in [-0.1, -0.05) is 15.9 Å². The van der Waals surface area contributed by atoms with Gasteiger partial charge in [0.1, 0.15) is 12.1 Å². The molecule has 0 atom stereocenters. The highest BCUT2D eigenvalue weighted by atomic mass is 79.9. The number of aromatic nitrogens is 2. The molecule has 7 heteroatoms. The molecule has 4 aliphatic carbocycles. The van der Waals surface area contributed by atoms with Gasteiger partial charge in [0.2, 0.25) is 6.79 Å². The average Bonchev–Trinajstić information content (AvgIpc) is 3.24. The predicted molar refractivity (Wildman–Crippen MR) is 129 cm³/mol. The van der Waals surface area contributed by atoms with Gasteiger partial charge in [0, 0.05) is 36.2 Å². The average molecular weight is 511 g/mol. The number of fused-ring (bicyclic) bond motifs is 2. The quantitative estimate of drug-likeness (QED) is 0.599. The molecule has 33 heavy (non-hydrogen) atoms. The Morgan fingerprint density at radius 1 is 1.03 bits per heavy atom. The highest BCUT2D eigenvalue weighted by Gasteiger charge is 2.50. The Bertz CT molecular complexity index is 1050. The van der Waals surface area contributed by atoms with Gasteiger partial charge >= 0.3 is 0 Å². The molecule has 6 aliphatic rings. The molecule has 3 heterocycles. The Morgan fingerprint density at radius 2 is 1.76 bits per heavy atom. The van der Waals surface area contributed by atoms with Crippen LogP contribution in [0.1, 0.15) is 55.3 Å². The van der Waals surface area contributed by atoms with E-state index in [1.807, 2.05) is 6.07 Å². The fourth-order valence-corrected chi connectivity index (χ4v) is 8.24. The zero-order valence-corrected chi connectivity index (χ0v) is 20.6. The van der Waals surface area contributed by atoms with Gasteiger partial charge in [0.05, 0.1) is 5.69 Å². The van der Waals surface area contributed by atoms with E-state index in [4.69, 9.17) is 14.5 Å². The molecule has 6 nitrogen and oxygen atoms in total. The van der Waals surface area contributed by atoms with Crippen molar-refractivity contribution in [1.82, 2.24) is 14.9 Å². The number of halogens is 1. The van der Waals surface area contributed by atoms with Crippen molar-refractivity contribution in [2.45, 2.75) is 58.0 Å². The maximum absolute atomic E-state index is 5.58. The summed E-state index contributed by atoms with van der Waals surface area (Å²) in [4.78, 5) is 11.8. The van der Waals surface area contributed by atoms with Gasteiger partial charge in [-0.2, -0.15) is 0 Å². The molecule has 1 aromatic carbocycles. The van der Waals surface area contributed by atoms with Crippen LogP contribution in [0.3, 0.4) is 0 Å². The van der Waals surface area contributed by atoms with Crippen LogP contribution in [0, 0.1) is 23.2 Å². The number of benzene rings is 1. The third-order valence-electron chi connectivity index (χ3n) is 8.82. The molecule has 1 aromatic heterocycles. The number of hydrogen-bond acceptors (Lipinski definition) is 6. The second-order valence-electron chi connectivity index (χ2n) is 11.2. The van der Waals surface area contributed by atoms with Crippen molar-refractivity contribution in [3.63, 3.8) is 0 Å². The Morgan fingerprint density at radius 3 is 2.52 bits per heavy atom. The van der Waals surface area contributed by atoms with Gasteiger partial charge < -0.3 is 14.8 Å². The van der Waals surface area contributed by atoms with Crippen LogP contribution in [-0.4, -0.2) is 34.8 Å². The van der Waals surface area contributed by atoms with E-state index in [2.05, 4.69) is 37.2 Å². The summed E-state index contributed by atoms with van der Waals surface area (Å²) in [6, 6.07) is 4.12.